The zero-order valence-electron chi connectivity index (χ0n) is 17.3. The Morgan fingerprint density at radius 1 is 1.23 bits per heavy atom. The summed E-state index contributed by atoms with van der Waals surface area (Å²) in [6.07, 6.45) is 6.33. The van der Waals surface area contributed by atoms with Gasteiger partial charge >= 0.3 is 0 Å². The van der Waals surface area contributed by atoms with Crippen molar-refractivity contribution in [3.05, 3.63) is 40.3 Å². The van der Waals surface area contributed by atoms with Crippen molar-refractivity contribution in [2.75, 3.05) is 11.1 Å². The zero-order valence-corrected chi connectivity index (χ0v) is 19.7. The standard InChI is InChI=1S/C22H24N4O2S3/c1-13-11-16-19(30-13)20(28)26(14-7-3-2-4-8-14)22(24-16)29-12-18(27)25-21-23-15-9-5-6-10-17(15)31-21/h5-6,9-10,13-14H,2-4,7-8,11-12H2,1H3,(H,23,25,27). The van der Waals surface area contributed by atoms with E-state index in [1.807, 2.05) is 28.8 Å². The molecule has 5 rings (SSSR count). The number of para-hydroxylation sites is 1. The van der Waals surface area contributed by atoms with E-state index in [0.717, 1.165) is 52.9 Å². The summed E-state index contributed by atoms with van der Waals surface area (Å²) in [5.41, 5.74) is 1.86. The third-order valence-corrected chi connectivity index (χ3v) is 8.84. The lowest BCUT2D eigenvalue weighted by Gasteiger charge is -2.26. The summed E-state index contributed by atoms with van der Waals surface area (Å²) >= 11 is 4.47. The maximum Gasteiger partial charge on any atom is 0.268 e. The van der Waals surface area contributed by atoms with Crippen LogP contribution in [0.4, 0.5) is 5.13 Å². The van der Waals surface area contributed by atoms with Crippen LogP contribution in [0.25, 0.3) is 10.2 Å². The van der Waals surface area contributed by atoms with Gasteiger partial charge in [0.15, 0.2) is 10.3 Å². The molecule has 3 heterocycles. The average molecular weight is 473 g/mol. The normalized spacial score (nSPS) is 18.9. The number of carbonyl (C=O) groups excluding carboxylic acids is 1. The van der Waals surface area contributed by atoms with E-state index in [-0.39, 0.29) is 23.3 Å². The highest BCUT2D eigenvalue weighted by atomic mass is 32.2. The molecule has 1 saturated carbocycles. The highest BCUT2D eigenvalue weighted by molar-refractivity contribution is 8.00. The predicted molar refractivity (Wildman–Crippen MR) is 129 cm³/mol. The number of nitrogens with zero attached hydrogens (tertiary/aromatic N) is 3. The van der Waals surface area contributed by atoms with E-state index in [4.69, 9.17) is 4.98 Å². The molecule has 1 aliphatic carbocycles. The number of hydrogen-bond donors (Lipinski definition) is 1. The number of benzene rings is 1. The van der Waals surface area contributed by atoms with Gasteiger partial charge in [0, 0.05) is 17.7 Å². The van der Waals surface area contributed by atoms with Crippen molar-refractivity contribution in [2.45, 2.75) is 66.8 Å². The molecule has 3 aromatic rings. The summed E-state index contributed by atoms with van der Waals surface area (Å²) in [5.74, 6) is 0.0769. The van der Waals surface area contributed by atoms with Crippen LogP contribution in [0.5, 0.6) is 0 Å². The van der Waals surface area contributed by atoms with E-state index >= 15 is 0 Å². The van der Waals surface area contributed by atoms with E-state index in [1.54, 1.807) is 11.8 Å². The van der Waals surface area contributed by atoms with Gasteiger partial charge in [-0.2, -0.15) is 0 Å². The Bertz CT molecular complexity index is 1150. The van der Waals surface area contributed by atoms with Crippen molar-refractivity contribution in [1.82, 2.24) is 14.5 Å². The first-order chi connectivity index (χ1) is 15.1. The van der Waals surface area contributed by atoms with Crippen molar-refractivity contribution in [2.24, 2.45) is 0 Å². The molecule has 0 spiro atoms. The third-order valence-electron chi connectivity index (χ3n) is 5.72. The fourth-order valence-electron chi connectivity index (χ4n) is 4.29. The number of fused-ring (bicyclic) bond motifs is 2. The molecule has 0 radical (unpaired) electrons. The molecule has 2 aromatic heterocycles. The number of thiazole rings is 1. The number of hydrogen-bond acceptors (Lipinski definition) is 7. The van der Waals surface area contributed by atoms with E-state index in [2.05, 4.69) is 17.2 Å². The van der Waals surface area contributed by atoms with Crippen molar-refractivity contribution in [1.29, 1.82) is 0 Å². The first kappa shape index (κ1) is 21.0. The summed E-state index contributed by atoms with van der Waals surface area (Å²) in [4.78, 5) is 36.1. The average Bonchev–Trinajstić information content (AvgIpc) is 3.35. The molecule has 0 saturated heterocycles. The van der Waals surface area contributed by atoms with E-state index in [9.17, 15) is 9.59 Å². The largest absolute Gasteiger partial charge is 0.301 e. The van der Waals surface area contributed by atoms with Crippen LogP contribution in [0.15, 0.2) is 39.1 Å². The van der Waals surface area contributed by atoms with E-state index < -0.39 is 0 Å². The topological polar surface area (TPSA) is 76.9 Å². The molecule has 0 bridgehead atoms. The van der Waals surface area contributed by atoms with E-state index in [0.29, 0.717) is 15.5 Å². The Hall–Kier alpha value is -1.84. The Morgan fingerprint density at radius 2 is 2.03 bits per heavy atom. The summed E-state index contributed by atoms with van der Waals surface area (Å²) in [6.45, 7) is 2.13. The maximum atomic E-state index is 13.3. The zero-order chi connectivity index (χ0) is 21.4. The predicted octanol–water partition coefficient (Wildman–Crippen LogP) is 5.13. The number of rotatable bonds is 5. The van der Waals surface area contributed by atoms with Crippen LogP contribution in [0, 0.1) is 0 Å². The smallest absolute Gasteiger partial charge is 0.268 e. The lowest BCUT2D eigenvalue weighted by Crippen LogP contribution is -2.30. The lowest BCUT2D eigenvalue weighted by molar-refractivity contribution is -0.113. The van der Waals surface area contributed by atoms with E-state index in [1.165, 1.54) is 29.5 Å². The van der Waals surface area contributed by atoms with Crippen LogP contribution in [0.2, 0.25) is 0 Å². The minimum atomic E-state index is -0.128. The number of thioether (sulfide) groups is 2. The highest BCUT2D eigenvalue weighted by Gasteiger charge is 2.29. The van der Waals surface area contributed by atoms with Crippen LogP contribution in [-0.2, 0) is 11.2 Å². The molecule has 1 atom stereocenters. The van der Waals surface area contributed by atoms with Gasteiger partial charge < -0.3 is 5.32 Å². The molecule has 162 valence electrons. The van der Waals surface area contributed by atoms with Crippen LogP contribution >= 0.6 is 34.9 Å². The lowest BCUT2D eigenvalue weighted by atomic mass is 9.95. The monoisotopic (exact) mass is 472 g/mol. The van der Waals surface area contributed by atoms with Crippen LogP contribution in [0.1, 0.15) is 50.8 Å². The molecule has 1 N–H and O–H groups in total. The Labute approximate surface area is 193 Å². The molecule has 1 aromatic carbocycles. The molecule has 9 heteroatoms. The van der Waals surface area contributed by atoms with Gasteiger partial charge in [0.25, 0.3) is 5.56 Å². The van der Waals surface area contributed by atoms with Gasteiger partial charge in [0.05, 0.1) is 26.6 Å². The number of carbonyl (C=O) groups is 1. The summed E-state index contributed by atoms with van der Waals surface area (Å²) < 4.78 is 2.93. The second-order valence-corrected chi connectivity index (χ2v) is 11.5. The molecule has 2 aliphatic rings. The molecule has 6 nitrogen and oxygen atoms in total. The van der Waals surface area contributed by atoms with Crippen LogP contribution in [-0.4, -0.2) is 31.4 Å². The molecule has 1 unspecified atom stereocenters. The number of anilines is 1. The number of aromatic nitrogens is 3. The Kier molecular flexibility index (Phi) is 6.08. The van der Waals surface area contributed by atoms with Gasteiger partial charge in [-0.3, -0.25) is 14.2 Å². The Balaban J connectivity index is 1.36. The minimum Gasteiger partial charge on any atom is -0.301 e. The second-order valence-electron chi connectivity index (χ2n) is 8.09. The summed E-state index contributed by atoms with van der Waals surface area (Å²) in [6, 6.07) is 8.02. The number of amides is 1. The van der Waals surface area contributed by atoms with Gasteiger partial charge in [0.1, 0.15) is 0 Å². The van der Waals surface area contributed by atoms with Gasteiger partial charge in [-0.05, 0) is 25.0 Å². The maximum absolute atomic E-state index is 13.3. The van der Waals surface area contributed by atoms with Gasteiger partial charge in [-0.15, -0.1) is 11.8 Å². The fraction of sp³-hybridized carbons (Fsp3) is 0.455. The second kappa shape index (κ2) is 8.96. The summed E-state index contributed by atoms with van der Waals surface area (Å²) in [5, 5.41) is 4.56. The fourth-order valence-corrected chi connectivity index (χ4v) is 7.15. The highest BCUT2D eigenvalue weighted by Crippen LogP contribution is 2.37. The van der Waals surface area contributed by atoms with Gasteiger partial charge in [-0.1, -0.05) is 61.4 Å². The molecule has 1 aliphatic heterocycles. The molecular weight excluding hydrogens is 448 g/mol. The minimum absolute atomic E-state index is 0.0836. The Morgan fingerprint density at radius 3 is 2.84 bits per heavy atom. The SMILES string of the molecule is CC1Cc2nc(SCC(=O)Nc3nc4ccccc4s3)n(C3CCCCC3)c(=O)c2S1. The first-order valence-electron chi connectivity index (χ1n) is 10.7. The quantitative estimate of drug-likeness (QED) is 0.410. The number of nitrogens with one attached hydrogen (secondary N) is 1. The molecular formula is C22H24N4O2S3. The molecule has 31 heavy (non-hydrogen) atoms. The van der Waals surface area contributed by atoms with Crippen molar-refractivity contribution in [3.8, 4) is 0 Å². The van der Waals surface area contributed by atoms with Crippen molar-refractivity contribution < 1.29 is 4.79 Å². The van der Waals surface area contributed by atoms with Crippen molar-refractivity contribution in [3.63, 3.8) is 0 Å². The molecule has 1 amide bonds. The van der Waals surface area contributed by atoms with Crippen molar-refractivity contribution >= 4 is 56.1 Å². The van der Waals surface area contributed by atoms with Crippen LogP contribution < -0.4 is 10.9 Å². The molecule has 1 fully saturated rings. The van der Waals surface area contributed by atoms with Crippen LogP contribution in [0.3, 0.4) is 0 Å². The first-order valence-corrected chi connectivity index (χ1v) is 13.4. The van der Waals surface area contributed by atoms with Gasteiger partial charge in [-0.25, -0.2) is 9.97 Å². The summed E-state index contributed by atoms with van der Waals surface area (Å²) in [7, 11) is 0. The third kappa shape index (κ3) is 4.40. The van der Waals surface area contributed by atoms with Gasteiger partial charge in [0.2, 0.25) is 5.91 Å².